The molecule has 0 aliphatic carbocycles. The van der Waals surface area contributed by atoms with Crippen molar-refractivity contribution in [2.45, 2.75) is 28.8 Å². The average Bonchev–Trinajstić information content (AvgIpc) is 2.36. The van der Waals surface area contributed by atoms with E-state index in [1.165, 1.54) is 0 Å². The molecule has 0 aromatic heterocycles. The maximum atomic E-state index is 13.6. The van der Waals surface area contributed by atoms with Gasteiger partial charge in [-0.05, 0) is 12.1 Å². The smallest absolute Gasteiger partial charge is 0.207 e. The summed E-state index contributed by atoms with van der Waals surface area (Å²) in [7, 11) is 0.0583. The topological polar surface area (TPSA) is 34.1 Å². The van der Waals surface area contributed by atoms with Crippen LogP contribution in [0.1, 0.15) is 5.56 Å². The summed E-state index contributed by atoms with van der Waals surface area (Å²) in [6.07, 6.45) is -6.96. The van der Waals surface area contributed by atoms with Crippen LogP contribution in [0.25, 0.3) is 0 Å². The van der Waals surface area contributed by atoms with Crippen LogP contribution >= 0.6 is 10.7 Å². The summed E-state index contributed by atoms with van der Waals surface area (Å²) < 4.78 is 137. The zero-order valence-electron chi connectivity index (χ0n) is 10.3. The number of hydrogen-bond donors (Lipinski definition) is 0. The second-order valence-corrected chi connectivity index (χ2v) is 6.75. The first-order valence-corrected chi connectivity index (χ1v) is 7.52. The van der Waals surface area contributed by atoms with E-state index in [9.17, 15) is 47.9 Å². The van der Waals surface area contributed by atoms with Crippen LogP contribution in [0.15, 0.2) is 29.2 Å². The molecule has 2 nitrogen and oxygen atoms in total. The molecular weight excluding hydrogens is 391 g/mol. The minimum absolute atomic E-state index is 0.0614. The summed E-state index contributed by atoms with van der Waals surface area (Å²) in [6.45, 7) is 0. The lowest BCUT2D eigenvalue weighted by atomic mass is 9.97. The summed E-state index contributed by atoms with van der Waals surface area (Å²) in [6, 6.07) is 0.830. The van der Waals surface area contributed by atoms with E-state index >= 15 is 0 Å². The number of benzene rings is 1. The fourth-order valence-corrected chi connectivity index (χ4v) is 2.20. The highest BCUT2D eigenvalue weighted by Gasteiger charge is 2.82. The van der Waals surface area contributed by atoms with Gasteiger partial charge in [0.1, 0.15) is 0 Å². The molecule has 0 unspecified atom stereocenters. The summed E-state index contributed by atoms with van der Waals surface area (Å²) in [5, 5.41) is 0. The molecule has 0 spiro atoms. The van der Waals surface area contributed by atoms with Crippen molar-refractivity contribution in [3.05, 3.63) is 29.8 Å². The second-order valence-electron chi connectivity index (χ2n) is 4.19. The Labute approximate surface area is 127 Å². The van der Waals surface area contributed by atoms with Gasteiger partial charge in [-0.2, -0.15) is 39.5 Å². The third-order valence-electron chi connectivity index (χ3n) is 2.62. The molecule has 23 heavy (non-hydrogen) atoms. The van der Waals surface area contributed by atoms with E-state index in [1.807, 2.05) is 0 Å². The van der Waals surface area contributed by atoms with Gasteiger partial charge in [-0.3, -0.25) is 0 Å². The largest absolute Gasteiger partial charge is 0.460 e. The van der Waals surface area contributed by atoms with Gasteiger partial charge in [-0.1, -0.05) is 12.1 Å². The minimum Gasteiger partial charge on any atom is -0.207 e. The van der Waals surface area contributed by atoms with E-state index < -0.39 is 43.5 Å². The van der Waals surface area contributed by atoms with Crippen molar-refractivity contribution in [2.24, 2.45) is 0 Å². The van der Waals surface area contributed by atoms with Gasteiger partial charge >= 0.3 is 23.9 Å². The molecule has 13 heteroatoms. The number of alkyl halides is 9. The highest BCUT2D eigenvalue weighted by atomic mass is 35.7. The molecule has 0 aliphatic rings. The van der Waals surface area contributed by atoms with Gasteiger partial charge in [0.2, 0.25) is 0 Å². The summed E-state index contributed by atoms with van der Waals surface area (Å²) >= 11 is 0. The Morgan fingerprint density at radius 1 is 0.826 bits per heavy atom. The molecule has 0 fully saturated rings. The number of rotatable bonds is 4. The molecule has 0 N–H and O–H groups in total. The van der Waals surface area contributed by atoms with E-state index in [4.69, 9.17) is 10.7 Å². The predicted octanol–water partition coefficient (Wildman–Crippen LogP) is 4.54. The van der Waals surface area contributed by atoms with E-state index in [0.717, 1.165) is 0 Å². The third-order valence-corrected chi connectivity index (χ3v) is 3.97. The standard InChI is InChI=1S/C10H4ClF9O2S/c11-23(21,22)6-3-1-2-5(4-6)7(12,13)8(14,15)9(16,17)10(18,19)20/h1-4H. The zero-order valence-corrected chi connectivity index (χ0v) is 11.9. The highest BCUT2D eigenvalue weighted by molar-refractivity contribution is 8.13. The van der Waals surface area contributed by atoms with Crippen LogP contribution < -0.4 is 0 Å². The second kappa shape index (κ2) is 5.43. The van der Waals surface area contributed by atoms with Crippen LogP contribution in [-0.2, 0) is 15.0 Å². The number of hydrogen-bond acceptors (Lipinski definition) is 2. The lowest BCUT2D eigenvalue weighted by molar-refractivity contribution is -0.399. The molecule has 0 bridgehead atoms. The SMILES string of the molecule is O=S(=O)(Cl)c1cccc(C(F)(F)C(F)(F)C(F)(F)C(F)(F)F)c1. The van der Waals surface area contributed by atoms with Crippen LogP contribution in [0.2, 0.25) is 0 Å². The quantitative estimate of drug-likeness (QED) is 0.555. The van der Waals surface area contributed by atoms with Crippen molar-refractivity contribution in [2.75, 3.05) is 0 Å². The minimum atomic E-state index is -7.07. The maximum Gasteiger partial charge on any atom is 0.460 e. The molecule has 1 rings (SSSR count). The maximum absolute atomic E-state index is 13.6. The Balaban J connectivity index is 3.53. The molecule has 1 aromatic carbocycles. The van der Waals surface area contributed by atoms with Crippen molar-refractivity contribution in [1.29, 1.82) is 0 Å². The van der Waals surface area contributed by atoms with E-state index in [-0.39, 0.29) is 12.1 Å². The summed E-state index contributed by atoms with van der Waals surface area (Å²) in [4.78, 5) is -1.18. The fourth-order valence-electron chi connectivity index (χ4n) is 1.40. The van der Waals surface area contributed by atoms with E-state index in [1.54, 1.807) is 0 Å². The molecule has 0 aliphatic heterocycles. The lowest BCUT2D eigenvalue weighted by Gasteiger charge is -2.33. The fraction of sp³-hybridized carbons (Fsp3) is 0.400. The van der Waals surface area contributed by atoms with Gasteiger partial charge in [-0.25, -0.2) is 8.42 Å². The molecule has 0 saturated carbocycles. The average molecular weight is 395 g/mol. The van der Waals surface area contributed by atoms with Crippen molar-refractivity contribution in [3.63, 3.8) is 0 Å². The van der Waals surface area contributed by atoms with E-state index in [0.29, 0.717) is 12.1 Å². The predicted molar refractivity (Wildman–Crippen MR) is 59.3 cm³/mol. The van der Waals surface area contributed by atoms with Crippen LogP contribution in [0, 0.1) is 0 Å². The molecule has 0 atom stereocenters. The third kappa shape index (κ3) is 3.23. The molecule has 132 valence electrons. The van der Waals surface area contributed by atoms with Gasteiger partial charge < -0.3 is 0 Å². The van der Waals surface area contributed by atoms with E-state index in [2.05, 4.69) is 0 Å². The first-order chi connectivity index (χ1) is 9.96. The Bertz CT molecular complexity index is 697. The molecule has 1 aromatic rings. The molecule has 0 amide bonds. The van der Waals surface area contributed by atoms with Crippen molar-refractivity contribution in [3.8, 4) is 0 Å². The first kappa shape index (κ1) is 19.9. The van der Waals surface area contributed by atoms with Gasteiger partial charge in [0.05, 0.1) is 4.90 Å². The molecular formula is C10H4ClF9O2S. The number of halogens is 10. The zero-order chi connectivity index (χ0) is 18.5. The van der Waals surface area contributed by atoms with Gasteiger partial charge in [0, 0.05) is 16.2 Å². The van der Waals surface area contributed by atoms with Crippen molar-refractivity contribution < 1.29 is 47.9 Å². The Morgan fingerprint density at radius 2 is 1.30 bits per heavy atom. The molecule has 0 heterocycles. The first-order valence-electron chi connectivity index (χ1n) is 5.21. The van der Waals surface area contributed by atoms with Crippen molar-refractivity contribution in [1.82, 2.24) is 0 Å². The Hall–Kier alpha value is -1.17. The normalized spacial score (nSPS) is 14.9. The van der Waals surface area contributed by atoms with Crippen LogP contribution in [0.5, 0.6) is 0 Å². The van der Waals surface area contributed by atoms with Gasteiger partial charge in [0.15, 0.2) is 0 Å². The Morgan fingerprint density at radius 3 is 1.70 bits per heavy atom. The van der Waals surface area contributed by atoms with Crippen LogP contribution in [0.4, 0.5) is 39.5 Å². The summed E-state index contributed by atoms with van der Waals surface area (Å²) in [5.74, 6) is -20.0. The molecule has 0 saturated heterocycles. The lowest BCUT2D eigenvalue weighted by Crippen LogP contribution is -2.59. The van der Waals surface area contributed by atoms with Crippen molar-refractivity contribution >= 4 is 19.7 Å². The monoisotopic (exact) mass is 394 g/mol. The van der Waals surface area contributed by atoms with Crippen LogP contribution in [-0.4, -0.2) is 26.4 Å². The Kier molecular flexibility index (Phi) is 4.69. The van der Waals surface area contributed by atoms with Gasteiger partial charge in [-0.15, -0.1) is 0 Å². The van der Waals surface area contributed by atoms with Crippen LogP contribution in [0.3, 0.4) is 0 Å². The highest BCUT2D eigenvalue weighted by Crippen LogP contribution is 2.56. The molecule has 0 radical (unpaired) electrons. The summed E-state index contributed by atoms with van der Waals surface area (Å²) in [5.41, 5.74) is -2.08. The van der Waals surface area contributed by atoms with Gasteiger partial charge in [0.25, 0.3) is 9.05 Å².